The zero-order valence-corrected chi connectivity index (χ0v) is 18.8. The molecule has 2 aliphatic heterocycles. The van der Waals surface area contributed by atoms with Crippen LogP contribution in [0, 0.1) is 12.8 Å². The largest absolute Gasteiger partial charge is 0.381 e. The highest BCUT2D eigenvalue weighted by molar-refractivity contribution is 14.0. The van der Waals surface area contributed by atoms with Gasteiger partial charge in [0.2, 0.25) is 0 Å². The Labute approximate surface area is 175 Å². The Morgan fingerprint density at radius 1 is 1.23 bits per heavy atom. The van der Waals surface area contributed by atoms with Crippen molar-refractivity contribution in [2.75, 3.05) is 39.9 Å². The molecular weight excluding hydrogens is 437 g/mol. The molecule has 0 amide bonds. The lowest BCUT2D eigenvalue weighted by atomic mass is 9.72. The van der Waals surface area contributed by atoms with Crippen LogP contribution in [0.2, 0.25) is 0 Å². The number of rotatable bonds is 3. The number of benzene rings is 1. The van der Waals surface area contributed by atoms with Crippen LogP contribution in [0.3, 0.4) is 0 Å². The number of likely N-dealkylation sites (tertiary alicyclic amines) is 1. The van der Waals surface area contributed by atoms with Gasteiger partial charge in [-0.05, 0) is 49.7 Å². The summed E-state index contributed by atoms with van der Waals surface area (Å²) < 4.78 is 5.68. The molecule has 146 valence electrons. The molecular formula is C21H34IN3O. The molecule has 4 nitrogen and oxygen atoms in total. The van der Waals surface area contributed by atoms with Gasteiger partial charge in [0, 0.05) is 45.3 Å². The minimum Gasteiger partial charge on any atom is -0.381 e. The summed E-state index contributed by atoms with van der Waals surface area (Å²) in [7, 11) is 1.91. The first-order chi connectivity index (χ1) is 12.1. The second-order valence-corrected chi connectivity index (χ2v) is 7.78. The number of guanidine groups is 1. The fraction of sp³-hybridized carbons (Fsp3) is 0.667. The highest BCUT2D eigenvalue weighted by Crippen LogP contribution is 2.36. The van der Waals surface area contributed by atoms with E-state index in [1.807, 2.05) is 7.05 Å². The van der Waals surface area contributed by atoms with Crippen molar-refractivity contribution in [1.29, 1.82) is 0 Å². The van der Waals surface area contributed by atoms with Crippen LogP contribution in [0.15, 0.2) is 29.3 Å². The lowest BCUT2D eigenvalue weighted by molar-refractivity contribution is 0.0509. The Balaban J connectivity index is 0.00000243. The molecule has 2 saturated heterocycles. The summed E-state index contributed by atoms with van der Waals surface area (Å²) in [5, 5.41) is 3.71. The minimum atomic E-state index is 0. The lowest BCUT2D eigenvalue weighted by Gasteiger charge is -2.40. The Bertz CT molecular complexity index is 591. The van der Waals surface area contributed by atoms with Crippen LogP contribution >= 0.6 is 24.0 Å². The minimum absolute atomic E-state index is 0. The SMILES string of the molecule is CN=C(NCC1(c2ccccc2C)CCOCC1)N1CCC(C)CC1.I. The number of aryl methyl sites for hydroxylation is 1. The zero-order chi connectivity index (χ0) is 17.7. The van der Waals surface area contributed by atoms with E-state index in [1.54, 1.807) is 0 Å². The predicted octanol–water partition coefficient (Wildman–Crippen LogP) is 3.97. The average molecular weight is 471 g/mol. The van der Waals surface area contributed by atoms with E-state index in [0.717, 1.165) is 57.6 Å². The molecule has 1 N–H and O–H groups in total. The molecule has 0 spiro atoms. The molecule has 0 aliphatic carbocycles. The summed E-state index contributed by atoms with van der Waals surface area (Å²) in [6.07, 6.45) is 4.66. The van der Waals surface area contributed by atoms with Gasteiger partial charge in [-0.3, -0.25) is 4.99 Å². The molecule has 3 rings (SSSR count). The number of nitrogens with zero attached hydrogens (tertiary/aromatic N) is 2. The summed E-state index contributed by atoms with van der Waals surface area (Å²) in [4.78, 5) is 6.99. The molecule has 26 heavy (non-hydrogen) atoms. The van der Waals surface area contributed by atoms with E-state index in [2.05, 4.69) is 53.3 Å². The maximum Gasteiger partial charge on any atom is 0.193 e. The monoisotopic (exact) mass is 471 g/mol. The van der Waals surface area contributed by atoms with Crippen molar-refractivity contribution in [3.05, 3.63) is 35.4 Å². The van der Waals surface area contributed by atoms with Crippen molar-refractivity contribution < 1.29 is 4.74 Å². The first-order valence-electron chi connectivity index (χ1n) is 9.74. The van der Waals surface area contributed by atoms with Crippen LogP contribution in [0.5, 0.6) is 0 Å². The van der Waals surface area contributed by atoms with Crippen LogP contribution in [-0.4, -0.2) is 50.8 Å². The smallest absolute Gasteiger partial charge is 0.193 e. The number of nitrogens with one attached hydrogen (secondary N) is 1. The van der Waals surface area contributed by atoms with Crippen LogP contribution in [0.1, 0.15) is 43.7 Å². The van der Waals surface area contributed by atoms with Crippen molar-refractivity contribution in [2.45, 2.75) is 44.9 Å². The second-order valence-electron chi connectivity index (χ2n) is 7.78. The molecule has 0 unspecified atom stereocenters. The van der Waals surface area contributed by atoms with Gasteiger partial charge in [-0.25, -0.2) is 0 Å². The third-order valence-corrected chi connectivity index (χ3v) is 6.05. The van der Waals surface area contributed by atoms with Crippen LogP contribution in [0.4, 0.5) is 0 Å². The van der Waals surface area contributed by atoms with Crippen molar-refractivity contribution in [1.82, 2.24) is 10.2 Å². The number of piperidine rings is 1. The molecule has 2 heterocycles. The van der Waals surface area contributed by atoms with Gasteiger partial charge in [-0.1, -0.05) is 31.2 Å². The highest BCUT2D eigenvalue weighted by Gasteiger charge is 2.36. The molecule has 0 atom stereocenters. The predicted molar refractivity (Wildman–Crippen MR) is 120 cm³/mol. The maximum atomic E-state index is 5.68. The van der Waals surface area contributed by atoms with Crippen molar-refractivity contribution >= 4 is 29.9 Å². The first-order valence-corrected chi connectivity index (χ1v) is 9.74. The van der Waals surface area contributed by atoms with Gasteiger partial charge in [0.15, 0.2) is 5.96 Å². The van der Waals surface area contributed by atoms with E-state index in [1.165, 1.54) is 24.0 Å². The zero-order valence-electron chi connectivity index (χ0n) is 16.5. The molecule has 2 fully saturated rings. The molecule has 2 aliphatic rings. The first kappa shape index (κ1) is 21.5. The third-order valence-electron chi connectivity index (χ3n) is 6.05. The van der Waals surface area contributed by atoms with E-state index >= 15 is 0 Å². The van der Waals surface area contributed by atoms with E-state index < -0.39 is 0 Å². The molecule has 0 bridgehead atoms. The Hall–Kier alpha value is -0.820. The highest BCUT2D eigenvalue weighted by atomic mass is 127. The molecule has 0 radical (unpaired) electrons. The number of ether oxygens (including phenoxy) is 1. The number of halogens is 1. The maximum absolute atomic E-state index is 5.68. The van der Waals surface area contributed by atoms with Crippen molar-refractivity contribution in [3.8, 4) is 0 Å². The number of hydrogen-bond donors (Lipinski definition) is 1. The second kappa shape index (κ2) is 9.93. The van der Waals surface area contributed by atoms with E-state index in [9.17, 15) is 0 Å². The molecule has 5 heteroatoms. The van der Waals surface area contributed by atoms with Gasteiger partial charge in [-0.15, -0.1) is 24.0 Å². The molecule has 1 aromatic rings. The quantitative estimate of drug-likeness (QED) is 0.412. The summed E-state index contributed by atoms with van der Waals surface area (Å²) in [5.74, 6) is 1.90. The third kappa shape index (κ3) is 4.91. The number of hydrogen-bond acceptors (Lipinski definition) is 2. The summed E-state index contributed by atoms with van der Waals surface area (Å²) in [6.45, 7) is 9.42. The van der Waals surface area contributed by atoms with E-state index in [4.69, 9.17) is 4.74 Å². The van der Waals surface area contributed by atoms with Crippen molar-refractivity contribution in [3.63, 3.8) is 0 Å². The van der Waals surface area contributed by atoms with Gasteiger partial charge >= 0.3 is 0 Å². The van der Waals surface area contributed by atoms with Crippen molar-refractivity contribution in [2.24, 2.45) is 10.9 Å². The normalized spacial score (nSPS) is 21.2. The summed E-state index contributed by atoms with van der Waals surface area (Å²) >= 11 is 0. The van der Waals surface area contributed by atoms with E-state index in [0.29, 0.717) is 0 Å². The lowest BCUT2D eigenvalue weighted by Crippen LogP contribution is -2.51. The standard InChI is InChI=1S/C21H33N3O.HI/c1-17-8-12-24(13-9-17)20(22-3)23-16-21(10-14-25-15-11-21)19-7-5-4-6-18(19)2;/h4-7,17H,8-16H2,1-3H3,(H,22,23);1H. The molecule has 0 aromatic heterocycles. The Morgan fingerprint density at radius 3 is 2.50 bits per heavy atom. The summed E-state index contributed by atoms with van der Waals surface area (Å²) in [5.41, 5.74) is 2.99. The van der Waals surface area contributed by atoms with Crippen LogP contribution in [0.25, 0.3) is 0 Å². The Kier molecular flexibility index (Phi) is 8.20. The van der Waals surface area contributed by atoms with Gasteiger partial charge in [-0.2, -0.15) is 0 Å². The molecule has 1 aromatic carbocycles. The van der Waals surface area contributed by atoms with Gasteiger partial charge in [0.05, 0.1) is 0 Å². The topological polar surface area (TPSA) is 36.9 Å². The van der Waals surface area contributed by atoms with Gasteiger partial charge < -0.3 is 15.0 Å². The van der Waals surface area contributed by atoms with Crippen LogP contribution < -0.4 is 5.32 Å². The average Bonchev–Trinajstić information content (AvgIpc) is 2.65. The number of aliphatic imine (C=N–C) groups is 1. The Morgan fingerprint density at radius 2 is 1.88 bits per heavy atom. The van der Waals surface area contributed by atoms with Crippen LogP contribution in [-0.2, 0) is 10.2 Å². The fourth-order valence-corrected chi connectivity index (χ4v) is 4.27. The summed E-state index contributed by atoms with van der Waals surface area (Å²) in [6, 6.07) is 8.83. The molecule has 0 saturated carbocycles. The van der Waals surface area contributed by atoms with Gasteiger partial charge in [0.25, 0.3) is 0 Å². The fourth-order valence-electron chi connectivity index (χ4n) is 4.27. The van der Waals surface area contributed by atoms with E-state index in [-0.39, 0.29) is 29.4 Å². The van der Waals surface area contributed by atoms with Gasteiger partial charge in [0.1, 0.15) is 0 Å².